The highest BCUT2D eigenvalue weighted by atomic mass is 32.1. The van der Waals surface area contributed by atoms with Gasteiger partial charge in [-0.25, -0.2) is 9.37 Å². The Bertz CT molecular complexity index is 1000. The lowest BCUT2D eigenvalue weighted by Crippen LogP contribution is -2.38. The monoisotopic (exact) mass is 413 g/mol. The highest BCUT2D eigenvalue weighted by Crippen LogP contribution is 2.27. The number of anilines is 1. The number of carbonyl (C=O) groups excluding carboxylic acids is 1. The first-order valence-corrected chi connectivity index (χ1v) is 9.76. The molecule has 0 aliphatic heterocycles. The van der Waals surface area contributed by atoms with Crippen LogP contribution in [0.3, 0.4) is 0 Å². The Morgan fingerprint density at radius 2 is 1.83 bits per heavy atom. The summed E-state index contributed by atoms with van der Waals surface area (Å²) >= 11 is 1.49. The summed E-state index contributed by atoms with van der Waals surface area (Å²) in [5.41, 5.74) is 3.02. The van der Waals surface area contributed by atoms with E-state index in [0.717, 1.165) is 22.0 Å². The van der Waals surface area contributed by atoms with Gasteiger partial charge in [0.25, 0.3) is 5.91 Å². The molecule has 1 heterocycles. The molecule has 0 saturated carbocycles. The van der Waals surface area contributed by atoms with Crippen molar-refractivity contribution in [3.8, 4) is 11.3 Å². The molecule has 0 saturated heterocycles. The molecule has 0 aliphatic rings. The van der Waals surface area contributed by atoms with Gasteiger partial charge >= 0.3 is 5.97 Å². The van der Waals surface area contributed by atoms with Crippen LogP contribution < -0.4 is 10.2 Å². The number of carboxylic acids is 1. The first-order chi connectivity index (χ1) is 13.8. The fourth-order valence-corrected chi connectivity index (χ4v) is 3.44. The van der Waals surface area contributed by atoms with Crippen LogP contribution in [0, 0.1) is 5.82 Å². The Morgan fingerprint density at radius 3 is 2.45 bits per heavy atom. The zero-order chi connectivity index (χ0) is 21.0. The Morgan fingerprint density at radius 1 is 1.17 bits per heavy atom. The Labute approximate surface area is 171 Å². The van der Waals surface area contributed by atoms with Gasteiger partial charge in [-0.3, -0.25) is 9.59 Å². The molecule has 1 atom stereocenters. The van der Waals surface area contributed by atoms with Crippen LogP contribution in [0.25, 0.3) is 11.3 Å². The van der Waals surface area contributed by atoms with Crippen LogP contribution in [0.2, 0.25) is 0 Å². The number of carbonyl (C=O) groups is 2. The van der Waals surface area contributed by atoms with Crippen LogP contribution in [0.1, 0.15) is 22.8 Å². The molecule has 150 valence electrons. The molecule has 2 N–H and O–H groups in total. The number of carboxylic acid groups (broad SMARTS) is 1. The van der Waals surface area contributed by atoms with Crippen molar-refractivity contribution in [2.75, 3.05) is 11.9 Å². The van der Waals surface area contributed by atoms with Crippen LogP contribution in [-0.2, 0) is 11.3 Å². The molecular formula is C21H20FN3O3S. The number of thiazole rings is 1. The number of aromatic nitrogens is 1. The fourth-order valence-electron chi connectivity index (χ4n) is 2.64. The van der Waals surface area contributed by atoms with E-state index in [1.807, 2.05) is 29.5 Å². The van der Waals surface area contributed by atoms with Crippen molar-refractivity contribution >= 4 is 28.3 Å². The second-order valence-electron chi connectivity index (χ2n) is 6.61. The third kappa shape index (κ3) is 5.17. The molecule has 0 bridgehead atoms. The van der Waals surface area contributed by atoms with Gasteiger partial charge in [0.2, 0.25) is 0 Å². The van der Waals surface area contributed by atoms with Gasteiger partial charge in [-0.15, -0.1) is 11.3 Å². The van der Waals surface area contributed by atoms with Gasteiger partial charge in [-0.1, -0.05) is 12.1 Å². The second-order valence-corrected chi connectivity index (χ2v) is 7.45. The number of nitrogens with one attached hydrogen (secondary N) is 1. The van der Waals surface area contributed by atoms with E-state index in [-0.39, 0.29) is 5.82 Å². The topological polar surface area (TPSA) is 82.5 Å². The van der Waals surface area contributed by atoms with E-state index in [1.165, 1.54) is 30.4 Å². The lowest BCUT2D eigenvalue weighted by atomic mass is 10.1. The average molecular weight is 413 g/mol. The minimum atomic E-state index is -1.08. The second kappa shape index (κ2) is 8.83. The number of rotatable bonds is 7. The number of nitrogens with zero attached hydrogens (tertiary/aromatic N) is 2. The quantitative estimate of drug-likeness (QED) is 0.616. The number of hydrogen-bond acceptors (Lipinski definition) is 5. The first kappa shape index (κ1) is 20.5. The largest absolute Gasteiger partial charge is 0.480 e. The van der Waals surface area contributed by atoms with Crippen molar-refractivity contribution < 1.29 is 19.1 Å². The van der Waals surface area contributed by atoms with E-state index in [1.54, 1.807) is 24.3 Å². The van der Waals surface area contributed by atoms with Crippen LogP contribution in [0.15, 0.2) is 53.9 Å². The Balaban J connectivity index is 1.63. The number of amides is 1. The molecule has 6 nitrogen and oxygen atoms in total. The molecule has 1 aromatic heterocycles. The normalized spacial score (nSPS) is 11.7. The van der Waals surface area contributed by atoms with Crippen LogP contribution in [0.4, 0.5) is 9.52 Å². The van der Waals surface area contributed by atoms with Gasteiger partial charge < -0.3 is 15.3 Å². The van der Waals surface area contributed by atoms with E-state index < -0.39 is 17.9 Å². The lowest BCUT2D eigenvalue weighted by molar-refractivity contribution is -0.138. The summed E-state index contributed by atoms with van der Waals surface area (Å²) in [7, 11) is 1.92. The number of benzene rings is 2. The standard InChI is InChI=1S/C21H20FN3O3S/c1-13(20(27)28)23-19(26)16-5-3-14(4-6-16)11-25(2)21-24-18(12-29-21)15-7-9-17(22)10-8-15/h3-10,12-13H,11H2,1-2H3,(H,23,26)(H,27,28). The molecule has 0 radical (unpaired) electrons. The van der Waals surface area contributed by atoms with Crippen molar-refractivity contribution in [3.05, 3.63) is 70.9 Å². The maximum atomic E-state index is 13.1. The third-order valence-electron chi connectivity index (χ3n) is 4.31. The van der Waals surface area contributed by atoms with Crippen LogP contribution >= 0.6 is 11.3 Å². The summed E-state index contributed by atoms with van der Waals surface area (Å²) in [5, 5.41) is 14.0. The number of halogens is 1. The summed E-state index contributed by atoms with van der Waals surface area (Å²) < 4.78 is 13.1. The minimum absolute atomic E-state index is 0.282. The van der Waals surface area contributed by atoms with Gasteiger partial charge in [0, 0.05) is 30.1 Å². The fraction of sp³-hybridized carbons (Fsp3) is 0.190. The van der Waals surface area contributed by atoms with E-state index in [0.29, 0.717) is 12.1 Å². The first-order valence-electron chi connectivity index (χ1n) is 8.88. The zero-order valence-corrected chi connectivity index (χ0v) is 16.7. The molecular weight excluding hydrogens is 393 g/mol. The molecule has 0 aliphatic carbocycles. The smallest absolute Gasteiger partial charge is 0.325 e. The van der Waals surface area contributed by atoms with Gasteiger partial charge in [0.05, 0.1) is 5.69 Å². The van der Waals surface area contributed by atoms with E-state index in [9.17, 15) is 14.0 Å². The summed E-state index contributed by atoms with van der Waals surface area (Å²) in [4.78, 5) is 29.5. The van der Waals surface area contributed by atoms with E-state index in [2.05, 4.69) is 10.3 Å². The van der Waals surface area contributed by atoms with Crippen LogP contribution in [0.5, 0.6) is 0 Å². The maximum absolute atomic E-state index is 13.1. The molecule has 8 heteroatoms. The van der Waals surface area contributed by atoms with Gasteiger partial charge in [-0.2, -0.15) is 0 Å². The highest BCUT2D eigenvalue weighted by Gasteiger charge is 2.15. The SMILES string of the molecule is CC(NC(=O)c1ccc(CN(C)c2nc(-c3ccc(F)cc3)cs2)cc1)C(=O)O. The number of hydrogen-bond donors (Lipinski definition) is 2. The minimum Gasteiger partial charge on any atom is -0.480 e. The van der Waals surface area contributed by atoms with Crippen molar-refractivity contribution in [1.82, 2.24) is 10.3 Å². The summed E-state index contributed by atoms with van der Waals surface area (Å²) in [6.45, 7) is 2.00. The summed E-state index contributed by atoms with van der Waals surface area (Å²) in [6.07, 6.45) is 0. The zero-order valence-electron chi connectivity index (χ0n) is 15.9. The molecule has 0 spiro atoms. The van der Waals surface area contributed by atoms with Gasteiger partial charge in [0.1, 0.15) is 11.9 Å². The van der Waals surface area contributed by atoms with Crippen LogP contribution in [-0.4, -0.2) is 35.1 Å². The average Bonchev–Trinajstić information content (AvgIpc) is 3.19. The Hall–Kier alpha value is -3.26. The molecule has 2 aromatic carbocycles. The van der Waals surface area contributed by atoms with Crippen molar-refractivity contribution in [1.29, 1.82) is 0 Å². The van der Waals surface area contributed by atoms with Crippen molar-refractivity contribution in [2.24, 2.45) is 0 Å². The predicted octanol–water partition coefficient (Wildman–Crippen LogP) is 3.79. The highest BCUT2D eigenvalue weighted by molar-refractivity contribution is 7.14. The van der Waals surface area contributed by atoms with E-state index >= 15 is 0 Å². The van der Waals surface area contributed by atoms with E-state index in [4.69, 9.17) is 5.11 Å². The third-order valence-corrected chi connectivity index (χ3v) is 5.27. The molecule has 1 unspecified atom stereocenters. The summed E-state index contributed by atoms with van der Waals surface area (Å²) in [6, 6.07) is 12.2. The molecule has 29 heavy (non-hydrogen) atoms. The predicted molar refractivity (Wildman–Crippen MR) is 111 cm³/mol. The lowest BCUT2D eigenvalue weighted by Gasteiger charge is -2.16. The summed E-state index contributed by atoms with van der Waals surface area (Å²) in [5.74, 6) is -1.79. The molecule has 1 amide bonds. The Kier molecular flexibility index (Phi) is 6.23. The number of aliphatic carboxylic acids is 1. The molecule has 3 rings (SSSR count). The van der Waals surface area contributed by atoms with Gasteiger partial charge in [0.15, 0.2) is 5.13 Å². The van der Waals surface area contributed by atoms with Crippen molar-refractivity contribution in [2.45, 2.75) is 19.5 Å². The van der Waals surface area contributed by atoms with Crippen molar-refractivity contribution in [3.63, 3.8) is 0 Å². The van der Waals surface area contributed by atoms with Gasteiger partial charge in [-0.05, 0) is 48.9 Å². The maximum Gasteiger partial charge on any atom is 0.325 e. The molecule has 3 aromatic rings. The molecule has 0 fully saturated rings.